The van der Waals surface area contributed by atoms with E-state index in [1.165, 1.54) is 0 Å². The highest BCUT2D eigenvalue weighted by atomic mass is 16.5. The Hall–Kier alpha value is -1.43. The number of aryl methyl sites for hydroxylation is 1. The van der Waals surface area contributed by atoms with Gasteiger partial charge in [0.25, 0.3) is 0 Å². The summed E-state index contributed by atoms with van der Waals surface area (Å²) >= 11 is 0. The lowest BCUT2D eigenvalue weighted by atomic mass is 10.4. The van der Waals surface area contributed by atoms with E-state index in [0.717, 1.165) is 0 Å². The summed E-state index contributed by atoms with van der Waals surface area (Å²) in [5, 5.41) is 3.91. The van der Waals surface area contributed by atoms with Gasteiger partial charge in [0.2, 0.25) is 0 Å². The van der Waals surface area contributed by atoms with E-state index in [9.17, 15) is 0 Å². The van der Waals surface area contributed by atoms with Gasteiger partial charge in [0, 0.05) is 7.05 Å². The fraction of sp³-hybridized carbons (Fsp3) is 0.286. The van der Waals surface area contributed by atoms with Gasteiger partial charge in [-0.3, -0.25) is 4.68 Å². The number of hydrogen-bond donors (Lipinski definition) is 0. The molecule has 0 unspecified atom stereocenters. The minimum absolute atomic E-state index is 0.644. The molecule has 0 saturated carbocycles. The molecule has 10 heavy (non-hydrogen) atoms. The fourth-order valence-corrected chi connectivity index (χ4v) is 0.731. The molecular formula is C7H8N2O. The lowest BCUT2D eigenvalue weighted by molar-refractivity contribution is 0.413. The lowest BCUT2D eigenvalue weighted by Crippen LogP contribution is -1.94. The Bertz CT molecular complexity index is 270. The van der Waals surface area contributed by atoms with Crippen molar-refractivity contribution in [1.82, 2.24) is 9.78 Å². The van der Waals surface area contributed by atoms with E-state index in [1.54, 1.807) is 25.0 Å². The van der Waals surface area contributed by atoms with Gasteiger partial charge in [0.15, 0.2) is 11.4 Å². The SMILES string of the molecule is C#Cc1c(OC)cnn1C. The summed E-state index contributed by atoms with van der Waals surface area (Å²) in [5.41, 5.74) is 0.669. The van der Waals surface area contributed by atoms with Crippen molar-refractivity contribution in [1.29, 1.82) is 0 Å². The van der Waals surface area contributed by atoms with Gasteiger partial charge in [-0.25, -0.2) is 0 Å². The largest absolute Gasteiger partial charge is 0.492 e. The van der Waals surface area contributed by atoms with Crippen LogP contribution in [0.25, 0.3) is 0 Å². The van der Waals surface area contributed by atoms with Crippen LogP contribution in [0.3, 0.4) is 0 Å². The molecular weight excluding hydrogens is 128 g/mol. The molecule has 1 heterocycles. The second-order valence-electron chi connectivity index (χ2n) is 1.83. The van der Waals surface area contributed by atoms with E-state index in [2.05, 4.69) is 11.0 Å². The predicted molar refractivity (Wildman–Crippen MR) is 37.7 cm³/mol. The van der Waals surface area contributed by atoms with Crippen molar-refractivity contribution in [3.05, 3.63) is 11.9 Å². The first-order chi connectivity index (χ1) is 4.79. The van der Waals surface area contributed by atoms with Gasteiger partial charge in [-0.15, -0.1) is 6.42 Å². The summed E-state index contributed by atoms with van der Waals surface area (Å²) in [5.74, 6) is 3.11. The van der Waals surface area contributed by atoms with Crippen molar-refractivity contribution in [3.8, 4) is 18.1 Å². The van der Waals surface area contributed by atoms with Gasteiger partial charge >= 0.3 is 0 Å². The quantitative estimate of drug-likeness (QED) is 0.523. The Balaban J connectivity index is 3.17. The van der Waals surface area contributed by atoms with Gasteiger partial charge in [0.05, 0.1) is 13.3 Å². The maximum atomic E-state index is 5.18. The van der Waals surface area contributed by atoms with Crippen molar-refractivity contribution in [2.45, 2.75) is 0 Å². The Morgan fingerprint density at radius 2 is 2.50 bits per heavy atom. The number of rotatable bonds is 1. The smallest absolute Gasteiger partial charge is 0.172 e. The van der Waals surface area contributed by atoms with Crippen molar-refractivity contribution < 1.29 is 4.74 Å². The minimum atomic E-state index is 0.644. The van der Waals surface area contributed by atoms with Crippen molar-refractivity contribution in [2.24, 2.45) is 7.05 Å². The number of methoxy groups -OCH3 is 1. The van der Waals surface area contributed by atoms with E-state index in [4.69, 9.17) is 11.2 Å². The molecule has 0 aromatic carbocycles. The van der Waals surface area contributed by atoms with Crippen molar-refractivity contribution in [2.75, 3.05) is 7.11 Å². The maximum absolute atomic E-state index is 5.18. The van der Waals surface area contributed by atoms with Crippen LogP contribution in [0.1, 0.15) is 5.69 Å². The molecule has 3 nitrogen and oxygen atoms in total. The zero-order chi connectivity index (χ0) is 7.56. The number of aromatic nitrogens is 2. The normalized spacial score (nSPS) is 8.90. The molecule has 1 rings (SSSR count). The molecule has 1 aromatic rings. The first-order valence-electron chi connectivity index (χ1n) is 2.82. The van der Waals surface area contributed by atoms with Gasteiger partial charge in [-0.05, 0) is 5.92 Å². The van der Waals surface area contributed by atoms with Crippen LogP contribution in [0.2, 0.25) is 0 Å². The average Bonchev–Trinajstić information content (AvgIpc) is 2.30. The zero-order valence-corrected chi connectivity index (χ0v) is 5.96. The fourth-order valence-electron chi connectivity index (χ4n) is 0.731. The van der Waals surface area contributed by atoms with Crippen LogP contribution in [0.4, 0.5) is 0 Å². The third-order valence-electron chi connectivity index (χ3n) is 1.26. The highest BCUT2D eigenvalue weighted by Crippen LogP contribution is 2.13. The number of hydrogen-bond acceptors (Lipinski definition) is 2. The van der Waals surface area contributed by atoms with Gasteiger partial charge in [-0.2, -0.15) is 5.10 Å². The molecule has 0 radical (unpaired) electrons. The number of ether oxygens (including phenoxy) is 1. The first-order valence-corrected chi connectivity index (χ1v) is 2.82. The summed E-state index contributed by atoms with van der Waals surface area (Å²) in [6.45, 7) is 0. The van der Waals surface area contributed by atoms with Crippen LogP contribution in [-0.4, -0.2) is 16.9 Å². The van der Waals surface area contributed by atoms with Crippen LogP contribution >= 0.6 is 0 Å². The maximum Gasteiger partial charge on any atom is 0.172 e. The Labute approximate surface area is 59.6 Å². The van der Waals surface area contributed by atoms with Crippen LogP contribution in [-0.2, 0) is 7.05 Å². The monoisotopic (exact) mass is 136 g/mol. The van der Waals surface area contributed by atoms with E-state index in [0.29, 0.717) is 11.4 Å². The molecule has 0 spiro atoms. The lowest BCUT2D eigenvalue weighted by Gasteiger charge is -1.94. The van der Waals surface area contributed by atoms with Gasteiger partial charge < -0.3 is 4.74 Å². The molecule has 3 heteroatoms. The standard InChI is InChI=1S/C7H8N2O/c1-4-6-7(10-3)5-8-9(6)2/h1,5H,2-3H3. The van der Waals surface area contributed by atoms with Crippen molar-refractivity contribution in [3.63, 3.8) is 0 Å². The molecule has 0 aliphatic carbocycles. The predicted octanol–water partition coefficient (Wildman–Crippen LogP) is 0.410. The zero-order valence-electron chi connectivity index (χ0n) is 5.96. The second kappa shape index (κ2) is 2.44. The van der Waals surface area contributed by atoms with E-state index in [1.807, 2.05) is 0 Å². The van der Waals surface area contributed by atoms with E-state index < -0.39 is 0 Å². The van der Waals surface area contributed by atoms with Crippen LogP contribution < -0.4 is 4.74 Å². The van der Waals surface area contributed by atoms with E-state index in [-0.39, 0.29) is 0 Å². The second-order valence-corrected chi connectivity index (χ2v) is 1.83. The summed E-state index contributed by atoms with van der Waals surface area (Å²) in [6, 6.07) is 0. The van der Waals surface area contributed by atoms with Gasteiger partial charge in [0.1, 0.15) is 0 Å². The number of terminal acetylenes is 1. The summed E-state index contributed by atoms with van der Waals surface area (Å²) in [7, 11) is 3.34. The highest BCUT2D eigenvalue weighted by Gasteiger charge is 2.03. The topological polar surface area (TPSA) is 27.1 Å². The summed E-state index contributed by atoms with van der Waals surface area (Å²) in [4.78, 5) is 0. The van der Waals surface area contributed by atoms with E-state index >= 15 is 0 Å². The molecule has 0 aliphatic heterocycles. The molecule has 0 amide bonds. The first kappa shape index (κ1) is 6.69. The molecule has 0 atom stereocenters. The van der Waals surface area contributed by atoms with Crippen LogP contribution in [0.5, 0.6) is 5.75 Å². The van der Waals surface area contributed by atoms with Gasteiger partial charge in [-0.1, -0.05) is 0 Å². The highest BCUT2D eigenvalue weighted by molar-refractivity contribution is 5.37. The Morgan fingerprint density at radius 3 is 2.90 bits per heavy atom. The molecule has 0 bridgehead atoms. The third kappa shape index (κ3) is 0.841. The van der Waals surface area contributed by atoms with Crippen LogP contribution in [0, 0.1) is 12.3 Å². The number of nitrogens with zero attached hydrogens (tertiary/aromatic N) is 2. The molecule has 0 saturated heterocycles. The Kier molecular flexibility index (Phi) is 1.63. The molecule has 52 valence electrons. The summed E-state index contributed by atoms with van der Waals surface area (Å²) < 4.78 is 6.53. The average molecular weight is 136 g/mol. The Morgan fingerprint density at radius 1 is 1.80 bits per heavy atom. The third-order valence-corrected chi connectivity index (χ3v) is 1.26. The van der Waals surface area contributed by atoms with Crippen LogP contribution in [0.15, 0.2) is 6.20 Å². The molecule has 0 aliphatic rings. The summed E-state index contributed by atoms with van der Waals surface area (Å²) in [6.07, 6.45) is 6.77. The molecule has 0 N–H and O–H groups in total. The molecule has 1 aromatic heterocycles. The minimum Gasteiger partial charge on any atom is -0.492 e. The van der Waals surface area contributed by atoms with Crippen molar-refractivity contribution >= 4 is 0 Å². The molecule has 0 fully saturated rings.